The molecule has 702 valence electrons. The van der Waals surface area contributed by atoms with Gasteiger partial charge < -0.3 is 90.0 Å². The Morgan fingerprint density at radius 2 is 0.400 bits per heavy atom. The zero-order chi connectivity index (χ0) is 87.2. The van der Waals surface area contributed by atoms with Crippen molar-refractivity contribution in [2.24, 2.45) is 59.2 Å². The zero-order valence-electron chi connectivity index (χ0n) is 73.5. The number of hydrogen-bond donors (Lipinski definition) is 0. The minimum atomic E-state index is -1.47. The lowest BCUT2D eigenvalue weighted by atomic mass is 9.79. The molecule has 0 bridgehead atoms. The van der Waals surface area contributed by atoms with Crippen LogP contribution in [0, 0.1) is 59.2 Å². The van der Waals surface area contributed by atoms with Crippen molar-refractivity contribution in [1.29, 1.82) is 0 Å². The van der Waals surface area contributed by atoms with E-state index in [1.807, 2.05) is 0 Å². The van der Waals surface area contributed by atoms with Gasteiger partial charge in [0.1, 0.15) is 0 Å². The molecule has 24 unspecified atom stereocenters. The van der Waals surface area contributed by atoms with Crippen molar-refractivity contribution in [2.75, 3.05) is 79.3 Å². The van der Waals surface area contributed by atoms with E-state index in [9.17, 15) is 57.5 Å². The number of rotatable bonds is 57. The summed E-state index contributed by atoms with van der Waals surface area (Å²) in [6, 6.07) is 0. The lowest BCUT2D eigenvalue weighted by molar-refractivity contribution is -0.167. The number of esters is 12. The fourth-order valence-electron chi connectivity index (χ4n) is 19.5. The average Bonchev–Trinajstić information content (AvgIpc) is 1.62. The van der Waals surface area contributed by atoms with Crippen LogP contribution in [-0.2, 0) is 148 Å². The summed E-state index contributed by atoms with van der Waals surface area (Å²) in [6.07, 6.45) is 33.8. The SMILES string of the molecule is O=C(CCCCCOC(=O)C1CC2OC2CC1C(=O)OCCCCCC(=O)OCC1CCC2OC2C1)OCC1CCC2OC2C1.O=C(CCCCCOC(=O)CC(C(=O)OCCCCCC(=O)OCC1CCC2OC2C1)C(CC(=O)OCCCCCC(=O)OCC1CCC2OC2C1)C(=O)OCCCCCC(=O)OCC1CCC2OC2C1)OCC1CCC2OC2C1. The molecule has 14 rings (SSSR count). The number of epoxide rings is 7. The van der Waals surface area contributed by atoms with Crippen molar-refractivity contribution in [2.45, 2.75) is 381 Å². The van der Waals surface area contributed by atoms with E-state index in [1.54, 1.807) is 0 Å². The van der Waals surface area contributed by atoms with E-state index in [4.69, 9.17) is 90.0 Å². The van der Waals surface area contributed by atoms with Crippen LogP contribution in [0.25, 0.3) is 0 Å². The molecular weight excluding hydrogens is 1630 g/mol. The van der Waals surface area contributed by atoms with E-state index in [1.165, 1.54) is 0 Å². The lowest BCUT2D eigenvalue weighted by Crippen LogP contribution is -2.37. The van der Waals surface area contributed by atoms with Crippen LogP contribution < -0.4 is 0 Å². The van der Waals surface area contributed by atoms with E-state index in [0.717, 1.165) is 128 Å². The fourth-order valence-corrected chi connectivity index (χ4v) is 19.5. The first-order chi connectivity index (χ1) is 60.8. The summed E-state index contributed by atoms with van der Waals surface area (Å²) in [5, 5.41) is 0. The van der Waals surface area contributed by atoms with Crippen LogP contribution in [0.4, 0.5) is 0 Å². The predicted molar refractivity (Wildman–Crippen MR) is 439 cm³/mol. The highest BCUT2D eigenvalue weighted by Crippen LogP contribution is 2.47. The summed E-state index contributed by atoms with van der Waals surface area (Å²) in [4.78, 5) is 155. The molecule has 0 amide bonds. The third kappa shape index (κ3) is 34.3. The molecule has 7 aliphatic heterocycles. The molecule has 0 aromatic rings. The molecule has 7 saturated heterocycles. The van der Waals surface area contributed by atoms with Gasteiger partial charge in [0, 0.05) is 38.5 Å². The van der Waals surface area contributed by atoms with Gasteiger partial charge in [-0.25, -0.2) is 0 Å². The highest BCUT2D eigenvalue weighted by atomic mass is 16.6. The predicted octanol–water partition coefficient (Wildman–Crippen LogP) is 12.1. The molecule has 7 saturated carbocycles. The number of carbonyl (C=O) groups is 12. The molecule has 0 radical (unpaired) electrons. The van der Waals surface area contributed by atoms with Crippen molar-refractivity contribution < 1.29 is 148 Å². The van der Waals surface area contributed by atoms with Gasteiger partial charge in [0.15, 0.2) is 0 Å². The summed E-state index contributed by atoms with van der Waals surface area (Å²) < 4.78 is 106. The Bertz CT molecular complexity index is 3280. The molecule has 7 aliphatic carbocycles. The van der Waals surface area contributed by atoms with E-state index in [-0.39, 0.29) is 125 Å². The molecule has 24 atom stereocenters. The zero-order valence-corrected chi connectivity index (χ0v) is 73.5. The third-order valence-electron chi connectivity index (χ3n) is 27.8. The minimum absolute atomic E-state index is 0.00559. The summed E-state index contributed by atoms with van der Waals surface area (Å²) in [5.41, 5.74) is 0. The topological polar surface area (TPSA) is 403 Å². The Labute approximate surface area is 735 Å². The molecule has 14 fully saturated rings. The molecule has 0 spiro atoms. The van der Waals surface area contributed by atoms with E-state index < -0.39 is 60.4 Å². The highest BCUT2D eigenvalue weighted by Gasteiger charge is 2.55. The maximum atomic E-state index is 14.0. The van der Waals surface area contributed by atoms with Gasteiger partial charge in [-0.15, -0.1) is 0 Å². The van der Waals surface area contributed by atoms with Gasteiger partial charge in [-0.1, -0.05) is 0 Å². The van der Waals surface area contributed by atoms with Crippen LogP contribution in [-0.4, -0.2) is 236 Å². The molecule has 125 heavy (non-hydrogen) atoms. The van der Waals surface area contributed by atoms with E-state index in [2.05, 4.69) is 0 Å². The van der Waals surface area contributed by atoms with Gasteiger partial charge in [-0.05, 0) is 279 Å². The second-order valence-electron chi connectivity index (χ2n) is 37.9. The highest BCUT2D eigenvalue weighted by molar-refractivity contribution is 5.89. The van der Waals surface area contributed by atoms with Gasteiger partial charge >= 0.3 is 71.6 Å². The second-order valence-corrected chi connectivity index (χ2v) is 37.9. The van der Waals surface area contributed by atoms with Crippen LogP contribution in [0.2, 0.25) is 0 Å². The average molecular weight is 1770 g/mol. The molecule has 0 N–H and O–H groups in total. The van der Waals surface area contributed by atoms with Crippen LogP contribution in [0.3, 0.4) is 0 Å². The molecule has 31 nitrogen and oxygen atoms in total. The minimum Gasteiger partial charge on any atom is -0.466 e. The monoisotopic (exact) mass is 1760 g/mol. The quantitative estimate of drug-likeness (QED) is 0.0236. The normalized spacial score (nSPS) is 31.4. The molecule has 0 aromatic heterocycles. The number of ether oxygens (including phenoxy) is 19. The van der Waals surface area contributed by atoms with Gasteiger partial charge in [0.2, 0.25) is 0 Å². The molecule has 14 aliphatic rings. The Kier molecular flexibility index (Phi) is 38.3. The van der Waals surface area contributed by atoms with Crippen molar-refractivity contribution in [1.82, 2.24) is 0 Å². The Hall–Kier alpha value is -6.64. The Morgan fingerprint density at radius 3 is 0.624 bits per heavy atom. The largest absolute Gasteiger partial charge is 0.466 e. The van der Waals surface area contributed by atoms with E-state index >= 15 is 0 Å². The summed E-state index contributed by atoms with van der Waals surface area (Å²) >= 11 is 0. The van der Waals surface area contributed by atoms with Crippen LogP contribution in [0.15, 0.2) is 0 Å². The van der Waals surface area contributed by atoms with E-state index in [0.29, 0.717) is 277 Å². The number of unbranched alkanes of at least 4 members (excludes halogenated alkanes) is 12. The van der Waals surface area contributed by atoms with Gasteiger partial charge in [0.25, 0.3) is 0 Å². The summed E-state index contributed by atoms with van der Waals surface area (Å²) in [5.74, 6) is -7.58. The van der Waals surface area contributed by atoms with Gasteiger partial charge in [-0.2, -0.15) is 0 Å². The standard InChI is InChI=1S/C60H90O20.C34H50O11/c61-53(73-35-39-17-21-45-49(29-39)77-45)13-5-1-9-25-69-57(65)33-43(59(67)71-27-11-3-7-15-55(63)75-37-41-19-23-47-51(31-41)79-47)44(60(68)72-28-12-4-8-16-56(64)76-38-42-20-24-48-52(32-42)80-48)34-58(66)70-26-10-2-6-14-54(62)74-36-40-18-22-46-50(30-40)78-46;35-31(41-19-21-9-11-25-27(15-21)43-25)7-3-1-5-13-39-33(37)23-17-29-30(45-29)18-24(23)34(38)40-14-6-2-4-8-32(36)42-20-22-10-12-26-28(16-22)44-26/h39-52H,1-38H2;21-30H,1-20H2. The smallest absolute Gasteiger partial charge is 0.310 e. The molecule has 31 heteroatoms. The number of fused-ring (bicyclic) bond motifs is 7. The van der Waals surface area contributed by atoms with Crippen LogP contribution >= 0.6 is 0 Å². The number of carbonyl (C=O) groups excluding carboxylic acids is 12. The van der Waals surface area contributed by atoms with Crippen molar-refractivity contribution >= 4 is 71.6 Å². The second kappa shape index (κ2) is 49.9. The maximum absolute atomic E-state index is 14.0. The van der Waals surface area contributed by atoms with Crippen molar-refractivity contribution in [3.8, 4) is 0 Å². The molecule has 7 heterocycles. The molecule has 0 aromatic carbocycles. The van der Waals surface area contributed by atoms with Crippen LogP contribution in [0.1, 0.15) is 295 Å². The third-order valence-corrected chi connectivity index (χ3v) is 27.8. The first kappa shape index (κ1) is 95.9. The first-order valence-corrected chi connectivity index (χ1v) is 48.3. The Morgan fingerprint density at radius 1 is 0.200 bits per heavy atom. The molecular formula is C94H140O31. The summed E-state index contributed by atoms with van der Waals surface area (Å²) in [6.45, 7) is 2.85. The number of hydrogen-bond acceptors (Lipinski definition) is 31. The van der Waals surface area contributed by atoms with Crippen molar-refractivity contribution in [3.63, 3.8) is 0 Å². The first-order valence-electron chi connectivity index (χ1n) is 48.3. The van der Waals surface area contributed by atoms with Crippen molar-refractivity contribution in [3.05, 3.63) is 0 Å². The lowest BCUT2D eigenvalue weighted by Gasteiger charge is -2.26. The van der Waals surface area contributed by atoms with Gasteiger partial charge in [-0.3, -0.25) is 57.5 Å². The Balaban J connectivity index is 0.000000250. The fraction of sp³-hybridized carbons (Fsp3) is 0.872. The maximum Gasteiger partial charge on any atom is 0.310 e. The van der Waals surface area contributed by atoms with Gasteiger partial charge in [0.05, 0.1) is 201 Å². The summed E-state index contributed by atoms with van der Waals surface area (Å²) in [7, 11) is 0. The van der Waals surface area contributed by atoms with Crippen LogP contribution in [0.5, 0.6) is 0 Å².